The van der Waals surface area contributed by atoms with Crippen molar-refractivity contribution in [2.75, 3.05) is 32.1 Å². The van der Waals surface area contributed by atoms with Gasteiger partial charge < -0.3 is 15.0 Å². The second-order valence-corrected chi connectivity index (χ2v) is 10.2. The molecule has 2 fully saturated rings. The normalized spacial score (nSPS) is 21.9. The molecule has 31 heavy (non-hydrogen) atoms. The third-order valence-electron chi connectivity index (χ3n) is 7.28. The summed E-state index contributed by atoms with van der Waals surface area (Å²) in [5, 5.41) is 5.22. The van der Waals surface area contributed by atoms with Gasteiger partial charge in [0.25, 0.3) is 0 Å². The van der Waals surface area contributed by atoms with Gasteiger partial charge in [-0.05, 0) is 87.9 Å². The lowest BCUT2D eigenvalue weighted by Crippen LogP contribution is -2.48. The summed E-state index contributed by atoms with van der Waals surface area (Å²) in [4.78, 5) is 16.2. The Morgan fingerprint density at radius 2 is 2.00 bits per heavy atom. The summed E-state index contributed by atoms with van der Waals surface area (Å²) < 4.78 is 7.46. The van der Waals surface area contributed by atoms with Crippen molar-refractivity contribution in [1.82, 2.24) is 4.90 Å². The number of fused-ring (bicyclic) bond motifs is 3. The number of hydrogen-bond donors (Lipinski definition) is 1. The molecule has 5 rings (SSSR count). The molecule has 2 saturated heterocycles. The SMILES string of the molecule is COc1ccc2sc3c(C)ccc(NCC[C@@H]4CCCN5CCCC[C@H]45)c3c(=O)c2c1. The van der Waals surface area contributed by atoms with Crippen LogP contribution in [-0.2, 0) is 0 Å². The Morgan fingerprint density at radius 3 is 2.87 bits per heavy atom. The summed E-state index contributed by atoms with van der Waals surface area (Å²) in [5.74, 6) is 1.51. The van der Waals surface area contributed by atoms with Gasteiger partial charge >= 0.3 is 0 Å². The van der Waals surface area contributed by atoms with Gasteiger partial charge in [0.05, 0.1) is 12.5 Å². The minimum atomic E-state index is 0.102. The number of anilines is 1. The second kappa shape index (κ2) is 8.79. The maximum absolute atomic E-state index is 13.5. The molecule has 3 heterocycles. The highest BCUT2D eigenvalue weighted by Crippen LogP contribution is 2.35. The largest absolute Gasteiger partial charge is 0.497 e. The standard InChI is InChI=1S/C26H32N2O2S/c1-17-8-10-21(27-13-12-18-6-5-15-28-14-4-3-7-22(18)28)24-25(29)20-16-19(30-2)9-11-23(20)31-26(17)24/h8-11,16,18,22,27H,3-7,12-15H2,1-2H3/t18-,22+/m0/s1. The minimum Gasteiger partial charge on any atom is -0.497 e. The molecule has 0 spiro atoms. The van der Waals surface area contributed by atoms with Crippen LogP contribution >= 0.6 is 11.3 Å². The van der Waals surface area contributed by atoms with Crippen LogP contribution in [0.2, 0.25) is 0 Å². The Balaban J connectivity index is 1.42. The van der Waals surface area contributed by atoms with Gasteiger partial charge in [-0.25, -0.2) is 0 Å². The van der Waals surface area contributed by atoms with Crippen LogP contribution in [-0.4, -0.2) is 37.7 Å². The van der Waals surface area contributed by atoms with Gasteiger partial charge in [-0.15, -0.1) is 11.3 Å². The highest BCUT2D eigenvalue weighted by Gasteiger charge is 2.32. The molecule has 164 valence electrons. The molecule has 0 amide bonds. The van der Waals surface area contributed by atoms with Crippen molar-refractivity contribution in [3.05, 3.63) is 46.1 Å². The lowest BCUT2D eigenvalue weighted by molar-refractivity contribution is 0.0573. The molecular formula is C26H32N2O2S. The predicted octanol–water partition coefficient (Wildman–Crippen LogP) is 5.80. The fraction of sp³-hybridized carbons (Fsp3) is 0.500. The minimum absolute atomic E-state index is 0.102. The summed E-state index contributed by atoms with van der Waals surface area (Å²) in [5.41, 5.74) is 2.23. The van der Waals surface area contributed by atoms with Crippen LogP contribution in [0.25, 0.3) is 20.2 Å². The van der Waals surface area contributed by atoms with E-state index in [-0.39, 0.29) is 5.43 Å². The third-order valence-corrected chi connectivity index (χ3v) is 8.59. The number of piperidine rings is 2. The smallest absolute Gasteiger partial charge is 0.198 e. The van der Waals surface area contributed by atoms with Crippen molar-refractivity contribution < 1.29 is 4.74 Å². The highest BCUT2D eigenvalue weighted by atomic mass is 32.1. The fourth-order valence-corrected chi connectivity index (χ4v) is 6.80. The average Bonchev–Trinajstić information content (AvgIpc) is 2.81. The maximum atomic E-state index is 13.5. The average molecular weight is 437 g/mol. The Labute approximate surface area is 188 Å². The van der Waals surface area contributed by atoms with E-state index in [0.717, 1.165) is 55.7 Å². The first-order valence-corrected chi connectivity index (χ1v) is 12.5. The molecule has 0 saturated carbocycles. The number of nitrogens with one attached hydrogen (secondary N) is 1. The molecule has 3 aromatic rings. The van der Waals surface area contributed by atoms with Crippen LogP contribution in [0.15, 0.2) is 35.1 Å². The summed E-state index contributed by atoms with van der Waals surface area (Å²) in [7, 11) is 1.64. The van der Waals surface area contributed by atoms with Crippen molar-refractivity contribution in [3.8, 4) is 5.75 Å². The number of hydrogen-bond acceptors (Lipinski definition) is 5. The van der Waals surface area contributed by atoms with Crippen molar-refractivity contribution in [2.24, 2.45) is 5.92 Å². The van der Waals surface area contributed by atoms with E-state index in [1.54, 1.807) is 18.4 Å². The third kappa shape index (κ3) is 3.94. The Kier molecular flexibility index (Phi) is 5.89. The quantitative estimate of drug-likeness (QED) is 0.513. The van der Waals surface area contributed by atoms with Gasteiger partial charge in [-0.3, -0.25) is 4.79 Å². The van der Waals surface area contributed by atoms with E-state index in [2.05, 4.69) is 29.3 Å². The van der Waals surface area contributed by atoms with Gasteiger partial charge in [0, 0.05) is 33.1 Å². The topological polar surface area (TPSA) is 41.6 Å². The molecule has 5 heteroatoms. The lowest BCUT2D eigenvalue weighted by atomic mass is 9.81. The zero-order valence-corrected chi connectivity index (χ0v) is 19.4. The summed E-state index contributed by atoms with van der Waals surface area (Å²) in [6, 6.07) is 10.8. The molecule has 0 radical (unpaired) electrons. The predicted molar refractivity (Wildman–Crippen MR) is 132 cm³/mol. The number of rotatable bonds is 5. The second-order valence-electron chi connectivity index (χ2n) is 9.14. The number of methoxy groups -OCH3 is 1. The maximum Gasteiger partial charge on any atom is 0.198 e. The first-order chi connectivity index (χ1) is 15.2. The van der Waals surface area contributed by atoms with Crippen molar-refractivity contribution in [2.45, 2.75) is 51.5 Å². The van der Waals surface area contributed by atoms with Gasteiger partial charge in [-0.1, -0.05) is 12.5 Å². The van der Waals surface area contributed by atoms with Crippen LogP contribution in [0.1, 0.15) is 44.1 Å². The van der Waals surface area contributed by atoms with Crippen LogP contribution in [0.4, 0.5) is 5.69 Å². The van der Waals surface area contributed by atoms with E-state index in [1.165, 1.54) is 51.6 Å². The van der Waals surface area contributed by atoms with E-state index in [1.807, 2.05) is 18.2 Å². The van der Waals surface area contributed by atoms with Crippen LogP contribution in [0.3, 0.4) is 0 Å². The summed E-state index contributed by atoms with van der Waals surface area (Å²) in [6.45, 7) is 5.59. The Morgan fingerprint density at radius 1 is 1.13 bits per heavy atom. The van der Waals surface area contributed by atoms with Crippen LogP contribution < -0.4 is 15.5 Å². The fourth-order valence-electron chi connectivity index (χ4n) is 5.64. The van der Waals surface area contributed by atoms with E-state index in [4.69, 9.17) is 4.74 Å². The molecule has 1 N–H and O–H groups in total. The van der Waals surface area contributed by atoms with Crippen molar-refractivity contribution in [3.63, 3.8) is 0 Å². The molecule has 2 aliphatic heterocycles. The van der Waals surface area contributed by atoms with Crippen LogP contribution in [0.5, 0.6) is 5.75 Å². The zero-order chi connectivity index (χ0) is 21.4. The molecule has 0 aliphatic carbocycles. The van der Waals surface area contributed by atoms with Gasteiger partial charge in [0.15, 0.2) is 5.43 Å². The Hall–Kier alpha value is -2.11. The molecular weight excluding hydrogens is 404 g/mol. The van der Waals surface area contributed by atoms with Gasteiger partial charge in [0.2, 0.25) is 0 Å². The van der Waals surface area contributed by atoms with Gasteiger partial charge in [-0.2, -0.15) is 0 Å². The molecule has 2 atom stereocenters. The van der Waals surface area contributed by atoms with E-state index < -0.39 is 0 Å². The zero-order valence-electron chi connectivity index (χ0n) is 18.6. The highest BCUT2D eigenvalue weighted by molar-refractivity contribution is 7.24. The molecule has 2 aromatic carbocycles. The number of benzene rings is 2. The van der Waals surface area contributed by atoms with Gasteiger partial charge in [0.1, 0.15) is 5.75 Å². The summed E-state index contributed by atoms with van der Waals surface area (Å²) >= 11 is 1.70. The van der Waals surface area contributed by atoms with E-state index in [9.17, 15) is 4.79 Å². The number of nitrogens with zero attached hydrogens (tertiary/aromatic N) is 1. The molecule has 0 bridgehead atoms. The summed E-state index contributed by atoms with van der Waals surface area (Å²) in [6.07, 6.45) is 7.95. The molecule has 1 aromatic heterocycles. The lowest BCUT2D eigenvalue weighted by Gasteiger charge is -2.44. The van der Waals surface area contributed by atoms with Crippen LogP contribution in [0, 0.1) is 12.8 Å². The first kappa shape index (κ1) is 20.8. The van der Waals surface area contributed by atoms with Crippen molar-refractivity contribution >= 4 is 37.2 Å². The van der Waals surface area contributed by atoms with E-state index >= 15 is 0 Å². The van der Waals surface area contributed by atoms with Crippen molar-refractivity contribution in [1.29, 1.82) is 0 Å². The number of aryl methyl sites for hydroxylation is 1. The molecule has 4 nitrogen and oxygen atoms in total. The molecule has 0 unspecified atom stereocenters. The monoisotopic (exact) mass is 436 g/mol. The number of ether oxygens (including phenoxy) is 1. The van der Waals surface area contributed by atoms with E-state index in [0.29, 0.717) is 0 Å². The first-order valence-electron chi connectivity index (χ1n) is 11.7. The Bertz CT molecular complexity index is 1150. The molecule has 2 aliphatic rings.